The molecule has 0 aromatic heterocycles. The number of nitrogens with zero attached hydrogens (tertiary/aromatic N) is 1. The normalized spacial score (nSPS) is 25.8. The highest BCUT2D eigenvalue weighted by Crippen LogP contribution is 2.34. The zero-order valence-electron chi connectivity index (χ0n) is 13.6. The van der Waals surface area contributed by atoms with Gasteiger partial charge in [0.1, 0.15) is 0 Å². The number of likely N-dealkylation sites (N-methyl/N-ethyl adjacent to an activating group) is 1. The Bertz CT molecular complexity index is 431. The molecule has 0 amide bonds. The smallest absolute Gasteiger partial charge is 0.0406 e. The lowest BCUT2D eigenvalue weighted by Crippen LogP contribution is -2.45. The Hall–Kier alpha value is -0.570. The van der Waals surface area contributed by atoms with Crippen molar-refractivity contribution in [2.75, 3.05) is 13.6 Å². The van der Waals surface area contributed by atoms with Crippen molar-refractivity contribution in [3.8, 4) is 0 Å². The molecule has 0 heterocycles. The molecular formula is C18H29ClN2. The number of rotatable bonds is 5. The average Bonchev–Trinajstić information content (AvgIpc) is 2.48. The van der Waals surface area contributed by atoms with E-state index in [1.807, 2.05) is 12.1 Å². The second-order valence-corrected chi connectivity index (χ2v) is 7.16. The highest BCUT2D eigenvalue weighted by atomic mass is 35.5. The van der Waals surface area contributed by atoms with E-state index in [0.29, 0.717) is 12.1 Å². The van der Waals surface area contributed by atoms with Crippen molar-refractivity contribution >= 4 is 11.6 Å². The van der Waals surface area contributed by atoms with Crippen LogP contribution in [0.25, 0.3) is 0 Å². The predicted octanol–water partition coefficient (Wildman–Crippen LogP) is 4.49. The van der Waals surface area contributed by atoms with Gasteiger partial charge in [-0.2, -0.15) is 0 Å². The Labute approximate surface area is 134 Å². The van der Waals surface area contributed by atoms with Crippen LogP contribution in [0.3, 0.4) is 0 Å². The van der Waals surface area contributed by atoms with E-state index in [1.165, 1.54) is 31.2 Å². The molecule has 0 saturated heterocycles. The maximum absolute atomic E-state index is 6.13. The summed E-state index contributed by atoms with van der Waals surface area (Å²) < 4.78 is 0. The van der Waals surface area contributed by atoms with Crippen molar-refractivity contribution in [3.05, 3.63) is 34.9 Å². The van der Waals surface area contributed by atoms with Crippen LogP contribution >= 0.6 is 11.6 Å². The third-order valence-electron chi connectivity index (χ3n) is 5.25. The Morgan fingerprint density at radius 1 is 1.29 bits per heavy atom. The third-order valence-corrected chi connectivity index (χ3v) is 5.50. The van der Waals surface area contributed by atoms with E-state index in [1.54, 1.807) is 0 Å². The molecule has 4 unspecified atom stereocenters. The van der Waals surface area contributed by atoms with Gasteiger partial charge in [0, 0.05) is 23.7 Å². The quantitative estimate of drug-likeness (QED) is 0.868. The van der Waals surface area contributed by atoms with E-state index in [2.05, 4.69) is 37.9 Å². The first-order chi connectivity index (χ1) is 10.0. The molecule has 3 heteroatoms. The monoisotopic (exact) mass is 308 g/mol. The summed E-state index contributed by atoms with van der Waals surface area (Å²) in [6.07, 6.45) is 5.37. The maximum Gasteiger partial charge on any atom is 0.0406 e. The van der Waals surface area contributed by atoms with E-state index < -0.39 is 0 Å². The fraction of sp³-hybridized carbons (Fsp3) is 0.667. The first-order valence-corrected chi connectivity index (χ1v) is 8.58. The van der Waals surface area contributed by atoms with E-state index in [0.717, 1.165) is 23.4 Å². The highest BCUT2D eigenvalue weighted by molar-refractivity contribution is 6.30. The topological polar surface area (TPSA) is 29.3 Å². The first-order valence-electron chi connectivity index (χ1n) is 8.20. The van der Waals surface area contributed by atoms with Gasteiger partial charge in [-0.05, 0) is 56.3 Å². The van der Waals surface area contributed by atoms with Gasteiger partial charge in [-0.15, -0.1) is 0 Å². The molecule has 0 spiro atoms. The molecule has 118 valence electrons. The standard InChI is InChI=1S/C18H29ClN2/c1-13-5-4-6-16(11-13)18(12-20)21(3)14(2)15-7-9-17(19)10-8-15/h7-10,13-14,16,18H,4-6,11-12,20H2,1-3H3. The van der Waals surface area contributed by atoms with E-state index >= 15 is 0 Å². The van der Waals surface area contributed by atoms with Gasteiger partial charge in [-0.1, -0.05) is 43.5 Å². The van der Waals surface area contributed by atoms with Crippen molar-refractivity contribution < 1.29 is 0 Å². The SMILES string of the molecule is CC1CCCC(C(CN)N(C)C(C)c2ccc(Cl)cc2)C1. The van der Waals surface area contributed by atoms with E-state index in [9.17, 15) is 0 Å². The number of nitrogens with two attached hydrogens (primary N) is 1. The summed E-state index contributed by atoms with van der Waals surface area (Å²) in [5.41, 5.74) is 7.44. The van der Waals surface area contributed by atoms with Gasteiger partial charge in [-0.3, -0.25) is 4.90 Å². The minimum absolute atomic E-state index is 0.369. The lowest BCUT2D eigenvalue weighted by atomic mass is 9.78. The van der Waals surface area contributed by atoms with Crippen LogP contribution in [0.1, 0.15) is 51.1 Å². The second kappa shape index (κ2) is 7.62. The summed E-state index contributed by atoms with van der Waals surface area (Å²) in [5, 5.41) is 0.796. The molecule has 1 fully saturated rings. The fourth-order valence-electron chi connectivity index (χ4n) is 3.79. The molecule has 4 atom stereocenters. The lowest BCUT2D eigenvalue weighted by molar-refractivity contribution is 0.100. The van der Waals surface area contributed by atoms with Gasteiger partial charge in [0.25, 0.3) is 0 Å². The molecule has 2 N–H and O–H groups in total. The van der Waals surface area contributed by atoms with Gasteiger partial charge in [0.15, 0.2) is 0 Å². The summed E-state index contributed by atoms with van der Waals surface area (Å²) in [5.74, 6) is 1.58. The Morgan fingerprint density at radius 2 is 1.95 bits per heavy atom. The molecule has 21 heavy (non-hydrogen) atoms. The van der Waals surface area contributed by atoms with Crippen molar-refractivity contribution in [2.45, 2.75) is 51.6 Å². The summed E-state index contributed by atoms with van der Waals surface area (Å²) in [6.45, 7) is 5.38. The summed E-state index contributed by atoms with van der Waals surface area (Å²) in [4.78, 5) is 2.46. The Morgan fingerprint density at radius 3 is 2.52 bits per heavy atom. The first kappa shape index (κ1) is 16.8. The molecule has 1 saturated carbocycles. The minimum Gasteiger partial charge on any atom is -0.329 e. The van der Waals surface area contributed by atoms with E-state index in [-0.39, 0.29) is 0 Å². The minimum atomic E-state index is 0.369. The zero-order chi connectivity index (χ0) is 15.4. The second-order valence-electron chi connectivity index (χ2n) is 6.73. The van der Waals surface area contributed by atoms with Crippen LogP contribution < -0.4 is 5.73 Å². The van der Waals surface area contributed by atoms with Crippen LogP contribution in [-0.2, 0) is 0 Å². The van der Waals surface area contributed by atoms with E-state index in [4.69, 9.17) is 17.3 Å². The van der Waals surface area contributed by atoms with Crippen molar-refractivity contribution in [1.82, 2.24) is 4.90 Å². The highest BCUT2D eigenvalue weighted by Gasteiger charge is 2.30. The molecule has 1 aliphatic rings. The average molecular weight is 309 g/mol. The summed E-state index contributed by atoms with van der Waals surface area (Å²) in [7, 11) is 2.22. The number of hydrogen-bond donors (Lipinski definition) is 1. The van der Waals surface area contributed by atoms with Crippen LogP contribution in [0.2, 0.25) is 5.02 Å². The Balaban J connectivity index is 2.07. The van der Waals surface area contributed by atoms with Gasteiger partial charge < -0.3 is 5.73 Å². The Kier molecular flexibility index (Phi) is 6.09. The van der Waals surface area contributed by atoms with Crippen molar-refractivity contribution in [1.29, 1.82) is 0 Å². The third kappa shape index (κ3) is 4.21. The van der Waals surface area contributed by atoms with Crippen LogP contribution in [-0.4, -0.2) is 24.5 Å². The molecule has 0 aliphatic heterocycles. The largest absolute Gasteiger partial charge is 0.329 e. The number of halogens is 1. The van der Waals surface area contributed by atoms with Crippen LogP contribution in [0.5, 0.6) is 0 Å². The summed E-state index contributed by atoms with van der Waals surface area (Å²) in [6, 6.07) is 9.04. The van der Waals surface area contributed by atoms with Gasteiger partial charge in [-0.25, -0.2) is 0 Å². The maximum atomic E-state index is 6.13. The van der Waals surface area contributed by atoms with Gasteiger partial charge in [0.2, 0.25) is 0 Å². The van der Waals surface area contributed by atoms with Gasteiger partial charge >= 0.3 is 0 Å². The zero-order valence-corrected chi connectivity index (χ0v) is 14.3. The van der Waals surface area contributed by atoms with Crippen LogP contribution in [0, 0.1) is 11.8 Å². The van der Waals surface area contributed by atoms with Crippen molar-refractivity contribution in [3.63, 3.8) is 0 Å². The molecule has 1 aliphatic carbocycles. The van der Waals surface area contributed by atoms with Crippen LogP contribution in [0.15, 0.2) is 24.3 Å². The molecule has 0 bridgehead atoms. The number of benzene rings is 1. The van der Waals surface area contributed by atoms with Crippen LogP contribution in [0.4, 0.5) is 0 Å². The lowest BCUT2D eigenvalue weighted by Gasteiger charge is -2.40. The molecule has 2 nitrogen and oxygen atoms in total. The van der Waals surface area contributed by atoms with Crippen molar-refractivity contribution in [2.24, 2.45) is 17.6 Å². The number of hydrogen-bond acceptors (Lipinski definition) is 2. The molecular weight excluding hydrogens is 280 g/mol. The van der Waals surface area contributed by atoms with Gasteiger partial charge in [0.05, 0.1) is 0 Å². The fourth-order valence-corrected chi connectivity index (χ4v) is 3.91. The molecule has 0 radical (unpaired) electrons. The molecule has 1 aromatic carbocycles. The molecule has 1 aromatic rings. The summed E-state index contributed by atoms with van der Waals surface area (Å²) >= 11 is 5.99. The predicted molar refractivity (Wildman–Crippen MR) is 91.6 cm³/mol. The molecule has 2 rings (SSSR count).